The van der Waals surface area contributed by atoms with Gasteiger partial charge in [0.25, 0.3) is 0 Å². The quantitative estimate of drug-likeness (QED) is 0.662. The maximum atomic E-state index is 11.9. The minimum absolute atomic E-state index is 0.103. The molecule has 0 radical (unpaired) electrons. The molecule has 1 heterocycles. The first kappa shape index (κ1) is 15.8. The highest BCUT2D eigenvalue weighted by atomic mass is 32.2. The molecule has 1 rings (SSSR count). The molecule has 0 aliphatic carbocycles. The van der Waals surface area contributed by atoms with Crippen LogP contribution in [0.25, 0.3) is 0 Å². The van der Waals surface area contributed by atoms with E-state index in [1.54, 1.807) is 11.8 Å². The first-order valence-corrected chi connectivity index (χ1v) is 7.66. The van der Waals surface area contributed by atoms with Gasteiger partial charge < -0.3 is 9.47 Å². The Labute approximate surface area is 114 Å². The Hall–Kier alpha value is -0.260. The summed E-state index contributed by atoms with van der Waals surface area (Å²) in [6.07, 6.45) is 1.08. The molecular weight excluding hydrogens is 250 g/mol. The lowest BCUT2D eigenvalue weighted by Gasteiger charge is -2.27. The van der Waals surface area contributed by atoms with E-state index in [0.717, 1.165) is 45.0 Å². The zero-order valence-corrected chi connectivity index (χ0v) is 12.6. The SMILES string of the molecule is CCCSC(C)(C)C(=O)OCCN1CCOCC1. The van der Waals surface area contributed by atoms with Crippen LogP contribution in [0, 0.1) is 0 Å². The molecule has 0 amide bonds. The lowest BCUT2D eigenvalue weighted by atomic mass is 10.2. The van der Waals surface area contributed by atoms with Gasteiger partial charge in [-0.05, 0) is 26.0 Å². The number of hydrogen-bond donors (Lipinski definition) is 0. The molecule has 18 heavy (non-hydrogen) atoms. The summed E-state index contributed by atoms with van der Waals surface area (Å²) < 4.78 is 10.2. The zero-order chi connectivity index (χ0) is 13.4. The lowest BCUT2D eigenvalue weighted by Crippen LogP contribution is -2.39. The van der Waals surface area contributed by atoms with Crippen LogP contribution < -0.4 is 0 Å². The van der Waals surface area contributed by atoms with Crippen molar-refractivity contribution < 1.29 is 14.3 Å². The van der Waals surface area contributed by atoms with Gasteiger partial charge in [-0.3, -0.25) is 9.69 Å². The van der Waals surface area contributed by atoms with Gasteiger partial charge in [0, 0.05) is 19.6 Å². The Kier molecular flexibility index (Phi) is 7.04. The summed E-state index contributed by atoms with van der Waals surface area (Å²) in [6.45, 7) is 10.7. The van der Waals surface area contributed by atoms with Crippen LogP contribution in [0.15, 0.2) is 0 Å². The Morgan fingerprint density at radius 3 is 2.67 bits per heavy atom. The number of hydrogen-bond acceptors (Lipinski definition) is 5. The second-order valence-corrected chi connectivity index (χ2v) is 6.67. The molecule has 106 valence electrons. The first-order valence-electron chi connectivity index (χ1n) is 6.67. The molecule has 0 spiro atoms. The fraction of sp³-hybridized carbons (Fsp3) is 0.923. The van der Waals surface area contributed by atoms with Crippen LogP contribution in [-0.2, 0) is 14.3 Å². The average molecular weight is 275 g/mol. The topological polar surface area (TPSA) is 38.8 Å². The van der Waals surface area contributed by atoms with Crippen molar-refractivity contribution in [2.45, 2.75) is 31.9 Å². The molecule has 5 heteroatoms. The zero-order valence-electron chi connectivity index (χ0n) is 11.7. The van der Waals surface area contributed by atoms with E-state index in [0.29, 0.717) is 6.61 Å². The van der Waals surface area contributed by atoms with Crippen molar-refractivity contribution in [2.75, 3.05) is 45.2 Å². The van der Waals surface area contributed by atoms with Crippen molar-refractivity contribution in [2.24, 2.45) is 0 Å². The molecular formula is C13H25NO3S. The number of rotatable bonds is 7. The smallest absolute Gasteiger partial charge is 0.321 e. The number of morpholine rings is 1. The third kappa shape index (κ3) is 5.59. The number of ether oxygens (including phenoxy) is 2. The largest absolute Gasteiger partial charge is 0.463 e. The standard InChI is InChI=1S/C13H25NO3S/c1-4-11-18-13(2,3)12(15)17-10-7-14-5-8-16-9-6-14/h4-11H2,1-3H3. The van der Waals surface area contributed by atoms with Crippen molar-refractivity contribution in [3.8, 4) is 0 Å². The molecule has 4 nitrogen and oxygen atoms in total. The number of esters is 1. The van der Waals surface area contributed by atoms with E-state index in [-0.39, 0.29) is 5.97 Å². The van der Waals surface area contributed by atoms with Gasteiger partial charge in [0.1, 0.15) is 11.4 Å². The normalized spacial score (nSPS) is 17.7. The molecule has 0 unspecified atom stereocenters. The van der Waals surface area contributed by atoms with Crippen LogP contribution >= 0.6 is 11.8 Å². The number of thioether (sulfide) groups is 1. The molecule has 0 aromatic rings. The minimum Gasteiger partial charge on any atom is -0.463 e. The van der Waals surface area contributed by atoms with Gasteiger partial charge in [-0.2, -0.15) is 0 Å². The van der Waals surface area contributed by atoms with Crippen LogP contribution in [0.3, 0.4) is 0 Å². The third-order valence-electron chi connectivity index (χ3n) is 2.90. The molecule has 1 fully saturated rings. The summed E-state index contributed by atoms with van der Waals surface area (Å²) in [7, 11) is 0. The summed E-state index contributed by atoms with van der Waals surface area (Å²) in [5.41, 5.74) is 0. The highest BCUT2D eigenvalue weighted by Gasteiger charge is 2.29. The maximum absolute atomic E-state index is 11.9. The average Bonchev–Trinajstić information content (AvgIpc) is 2.37. The molecule has 0 bridgehead atoms. The van der Waals surface area contributed by atoms with Crippen molar-refractivity contribution in [1.82, 2.24) is 4.90 Å². The van der Waals surface area contributed by atoms with Gasteiger partial charge in [-0.25, -0.2) is 0 Å². The minimum atomic E-state index is -0.430. The second kappa shape index (κ2) is 8.02. The number of carbonyl (C=O) groups excluding carboxylic acids is 1. The highest BCUT2D eigenvalue weighted by molar-refractivity contribution is 8.01. The van der Waals surface area contributed by atoms with E-state index in [9.17, 15) is 4.79 Å². The van der Waals surface area contributed by atoms with Crippen LogP contribution in [-0.4, -0.2) is 60.8 Å². The van der Waals surface area contributed by atoms with Crippen LogP contribution in [0.5, 0.6) is 0 Å². The summed E-state index contributed by atoms with van der Waals surface area (Å²) in [5, 5.41) is 0. The van der Waals surface area contributed by atoms with Gasteiger partial charge in [0.2, 0.25) is 0 Å². The van der Waals surface area contributed by atoms with E-state index in [2.05, 4.69) is 11.8 Å². The van der Waals surface area contributed by atoms with Crippen molar-refractivity contribution in [3.05, 3.63) is 0 Å². The Morgan fingerprint density at radius 2 is 2.06 bits per heavy atom. The predicted molar refractivity (Wildman–Crippen MR) is 75.0 cm³/mol. The number of nitrogens with zero attached hydrogens (tertiary/aromatic N) is 1. The fourth-order valence-corrected chi connectivity index (χ4v) is 2.57. The van der Waals surface area contributed by atoms with Crippen molar-refractivity contribution >= 4 is 17.7 Å². The molecule has 0 aromatic carbocycles. The third-order valence-corrected chi connectivity index (χ3v) is 4.40. The molecule has 1 aliphatic rings. The summed E-state index contributed by atoms with van der Waals surface area (Å²) in [6, 6.07) is 0. The lowest BCUT2D eigenvalue weighted by molar-refractivity contribution is -0.146. The van der Waals surface area contributed by atoms with E-state index in [1.165, 1.54) is 0 Å². The first-order chi connectivity index (χ1) is 8.56. The molecule has 0 N–H and O–H groups in total. The number of carbonyl (C=O) groups is 1. The van der Waals surface area contributed by atoms with E-state index < -0.39 is 4.75 Å². The van der Waals surface area contributed by atoms with Gasteiger partial charge >= 0.3 is 5.97 Å². The fourth-order valence-electron chi connectivity index (χ4n) is 1.68. The summed E-state index contributed by atoms with van der Waals surface area (Å²) >= 11 is 1.66. The second-order valence-electron chi connectivity index (χ2n) is 4.95. The van der Waals surface area contributed by atoms with Crippen LogP contribution in [0.1, 0.15) is 27.2 Å². The molecule has 1 aliphatic heterocycles. The Balaban J connectivity index is 2.18. The summed E-state index contributed by atoms with van der Waals surface area (Å²) in [5.74, 6) is 0.889. The van der Waals surface area contributed by atoms with E-state index in [1.807, 2.05) is 13.8 Å². The van der Waals surface area contributed by atoms with Gasteiger partial charge in [-0.15, -0.1) is 11.8 Å². The summed E-state index contributed by atoms with van der Waals surface area (Å²) in [4.78, 5) is 14.2. The van der Waals surface area contributed by atoms with E-state index >= 15 is 0 Å². The van der Waals surface area contributed by atoms with Crippen LogP contribution in [0.2, 0.25) is 0 Å². The molecule has 0 aromatic heterocycles. The van der Waals surface area contributed by atoms with Gasteiger partial charge in [0.05, 0.1) is 13.2 Å². The maximum Gasteiger partial charge on any atom is 0.321 e. The van der Waals surface area contributed by atoms with Gasteiger partial charge in [0.15, 0.2) is 0 Å². The van der Waals surface area contributed by atoms with Crippen molar-refractivity contribution in [3.63, 3.8) is 0 Å². The monoisotopic (exact) mass is 275 g/mol. The highest BCUT2D eigenvalue weighted by Crippen LogP contribution is 2.26. The molecule has 1 saturated heterocycles. The Morgan fingerprint density at radius 1 is 1.39 bits per heavy atom. The van der Waals surface area contributed by atoms with E-state index in [4.69, 9.17) is 9.47 Å². The van der Waals surface area contributed by atoms with Gasteiger partial charge in [-0.1, -0.05) is 6.92 Å². The Bertz CT molecular complexity index is 253. The molecule has 0 saturated carbocycles. The van der Waals surface area contributed by atoms with Crippen molar-refractivity contribution in [1.29, 1.82) is 0 Å². The predicted octanol–water partition coefficient (Wildman–Crippen LogP) is 1.78. The molecule has 0 atom stereocenters. The van der Waals surface area contributed by atoms with Crippen LogP contribution in [0.4, 0.5) is 0 Å².